The highest BCUT2D eigenvalue weighted by Gasteiger charge is 2.20. The monoisotopic (exact) mass is 270 g/mol. The van der Waals surface area contributed by atoms with E-state index in [0.29, 0.717) is 28.4 Å². The van der Waals surface area contributed by atoms with Gasteiger partial charge in [0.2, 0.25) is 0 Å². The van der Waals surface area contributed by atoms with Crippen LogP contribution in [0.5, 0.6) is 0 Å². The summed E-state index contributed by atoms with van der Waals surface area (Å²) in [5.41, 5.74) is 6.17. The van der Waals surface area contributed by atoms with Crippen molar-refractivity contribution in [2.45, 2.75) is 46.5 Å². The van der Waals surface area contributed by atoms with Crippen LogP contribution in [0.1, 0.15) is 46.9 Å². The highest BCUT2D eigenvalue weighted by molar-refractivity contribution is 6.32. The lowest BCUT2D eigenvalue weighted by atomic mass is 9.96. The number of nitrogen functional groups attached to an aromatic ring is 1. The third kappa shape index (κ3) is 4.02. The van der Waals surface area contributed by atoms with Gasteiger partial charge >= 0.3 is 0 Å². The van der Waals surface area contributed by atoms with E-state index in [4.69, 9.17) is 17.3 Å². The van der Waals surface area contributed by atoms with E-state index in [1.807, 2.05) is 20.8 Å². The van der Waals surface area contributed by atoms with E-state index in [2.05, 4.69) is 29.1 Å². The first-order valence-electron chi connectivity index (χ1n) is 6.29. The van der Waals surface area contributed by atoms with Crippen molar-refractivity contribution >= 4 is 23.1 Å². The molecule has 1 heterocycles. The minimum atomic E-state index is -0.147. The van der Waals surface area contributed by atoms with Crippen LogP contribution in [-0.2, 0) is 5.41 Å². The minimum Gasteiger partial charge on any atom is -0.393 e. The maximum Gasteiger partial charge on any atom is 0.157 e. The van der Waals surface area contributed by atoms with Crippen LogP contribution in [-0.4, -0.2) is 16.5 Å². The number of hydrogen-bond acceptors (Lipinski definition) is 4. The van der Waals surface area contributed by atoms with Gasteiger partial charge in [-0.3, -0.25) is 0 Å². The lowest BCUT2D eigenvalue weighted by Crippen LogP contribution is -2.19. The molecule has 0 saturated heterocycles. The van der Waals surface area contributed by atoms with Crippen LogP contribution in [0, 0.1) is 5.92 Å². The summed E-state index contributed by atoms with van der Waals surface area (Å²) in [5, 5.41) is 3.56. The molecule has 0 fully saturated rings. The van der Waals surface area contributed by atoms with Gasteiger partial charge in [0.15, 0.2) is 11.0 Å². The molecular formula is C13H23ClN4. The Kier molecular flexibility index (Phi) is 4.79. The van der Waals surface area contributed by atoms with Crippen LogP contribution in [0.3, 0.4) is 0 Å². The number of nitrogens with zero attached hydrogens (tertiary/aromatic N) is 2. The van der Waals surface area contributed by atoms with E-state index in [0.717, 1.165) is 13.0 Å². The standard InChI is InChI=1S/C13H23ClN4/c1-8(2)6-7-16-11-9(15)10(14)17-12(18-11)13(3,4)5/h8H,6-7,15H2,1-5H3,(H,16,17,18). The van der Waals surface area contributed by atoms with Crippen molar-refractivity contribution in [1.29, 1.82) is 0 Å². The van der Waals surface area contributed by atoms with Crippen molar-refractivity contribution in [3.05, 3.63) is 11.0 Å². The molecule has 0 amide bonds. The van der Waals surface area contributed by atoms with Gasteiger partial charge in [-0.05, 0) is 12.3 Å². The summed E-state index contributed by atoms with van der Waals surface area (Å²) in [7, 11) is 0. The second kappa shape index (κ2) is 5.74. The molecule has 1 rings (SSSR count). The Hall–Kier alpha value is -1.03. The predicted molar refractivity (Wildman–Crippen MR) is 78.1 cm³/mol. The molecule has 0 aliphatic carbocycles. The van der Waals surface area contributed by atoms with Crippen molar-refractivity contribution in [2.75, 3.05) is 17.6 Å². The number of nitrogens with two attached hydrogens (primary N) is 1. The van der Waals surface area contributed by atoms with Gasteiger partial charge in [-0.15, -0.1) is 0 Å². The maximum atomic E-state index is 6.05. The lowest BCUT2D eigenvalue weighted by Gasteiger charge is -2.19. The van der Waals surface area contributed by atoms with Gasteiger partial charge in [-0.25, -0.2) is 9.97 Å². The van der Waals surface area contributed by atoms with Gasteiger partial charge < -0.3 is 11.1 Å². The Bertz CT molecular complexity index is 410. The average molecular weight is 271 g/mol. The van der Waals surface area contributed by atoms with Gasteiger partial charge in [0, 0.05) is 12.0 Å². The number of nitrogens with one attached hydrogen (secondary N) is 1. The van der Waals surface area contributed by atoms with Crippen LogP contribution in [0.25, 0.3) is 0 Å². The summed E-state index contributed by atoms with van der Waals surface area (Å²) in [6.45, 7) is 11.3. The molecule has 5 heteroatoms. The Morgan fingerprint density at radius 2 is 1.89 bits per heavy atom. The molecular weight excluding hydrogens is 248 g/mol. The summed E-state index contributed by atoms with van der Waals surface area (Å²) in [6.07, 6.45) is 1.06. The number of hydrogen-bond donors (Lipinski definition) is 2. The van der Waals surface area contributed by atoms with Crippen LogP contribution < -0.4 is 11.1 Å². The second-order valence-corrected chi connectivity index (χ2v) is 6.32. The van der Waals surface area contributed by atoms with Crippen LogP contribution in [0.2, 0.25) is 5.15 Å². The Labute approximate surface area is 114 Å². The minimum absolute atomic E-state index is 0.147. The van der Waals surface area contributed by atoms with Gasteiger partial charge in [-0.1, -0.05) is 46.2 Å². The molecule has 0 unspecified atom stereocenters. The van der Waals surface area contributed by atoms with E-state index < -0.39 is 0 Å². The first-order chi connectivity index (χ1) is 8.21. The molecule has 0 saturated carbocycles. The van der Waals surface area contributed by atoms with E-state index in [1.54, 1.807) is 0 Å². The van der Waals surface area contributed by atoms with E-state index in [-0.39, 0.29) is 5.41 Å². The molecule has 1 aromatic heterocycles. The van der Waals surface area contributed by atoms with Gasteiger partial charge in [0.05, 0.1) is 0 Å². The molecule has 1 aromatic rings. The summed E-state index contributed by atoms with van der Waals surface area (Å²) >= 11 is 6.05. The van der Waals surface area contributed by atoms with Crippen molar-refractivity contribution in [3.8, 4) is 0 Å². The lowest BCUT2D eigenvalue weighted by molar-refractivity contribution is 0.545. The quantitative estimate of drug-likeness (QED) is 0.823. The van der Waals surface area contributed by atoms with Crippen LogP contribution >= 0.6 is 11.6 Å². The van der Waals surface area contributed by atoms with E-state index in [9.17, 15) is 0 Å². The zero-order chi connectivity index (χ0) is 13.9. The first-order valence-corrected chi connectivity index (χ1v) is 6.67. The number of rotatable bonds is 4. The normalized spacial score (nSPS) is 11.9. The topological polar surface area (TPSA) is 63.8 Å². The number of aromatic nitrogens is 2. The molecule has 102 valence electrons. The summed E-state index contributed by atoms with van der Waals surface area (Å²) in [5.74, 6) is 1.98. The highest BCUT2D eigenvalue weighted by Crippen LogP contribution is 2.28. The predicted octanol–water partition coefficient (Wildman–Crippen LogP) is 3.47. The van der Waals surface area contributed by atoms with Gasteiger partial charge in [0.1, 0.15) is 11.5 Å². The first kappa shape index (κ1) is 15.0. The van der Waals surface area contributed by atoms with Gasteiger partial charge in [0.25, 0.3) is 0 Å². The maximum absolute atomic E-state index is 6.05. The zero-order valence-electron chi connectivity index (χ0n) is 11.8. The fourth-order valence-corrected chi connectivity index (χ4v) is 1.56. The molecule has 0 atom stereocenters. The Morgan fingerprint density at radius 3 is 2.39 bits per heavy atom. The molecule has 0 aliphatic heterocycles. The average Bonchev–Trinajstić information content (AvgIpc) is 2.22. The zero-order valence-corrected chi connectivity index (χ0v) is 12.6. The second-order valence-electron chi connectivity index (χ2n) is 5.96. The van der Waals surface area contributed by atoms with Crippen LogP contribution in [0.15, 0.2) is 0 Å². The molecule has 0 aliphatic rings. The largest absolute Gasteiger partial charge is 0.393 e. The summed E-state index contributed by atoms with van der Waals surface area (Å²) in [4.78, 5) is 8.71. The Balaban J connectivity index is 2.93. The highest BCUT2D eigenvalue weighted by atomic mass is 35.5. The molecule has 0 spiro atoms. The van der Waals surface area contributed by atoms with Crippen molar-refractivity contribution in [1.82, 2.24) is 9.97 Å². The molecule has 0 radical (unpaired) electrons. The van der Waals surface area contributed by atoms with Gasteiger partial charge in [-0.2, -0.15) is 0 Å². The third-order valence-electron chi connectivity index (χ3n) is 2.58. The molecule has 18 heavy (non-hydrogen) atoms. The summed E-state index contributed by atoms with van der Waals surface area (Å²) in [6, 6.07) is 0. The number of halogens is 1. The fourth-order valence-electron chi connectivity index (χ4n) is 1.39. The smallest absolute Gasteiger partial charge is 0.157 e. The molecule has 3 N–H and O–H groups in total. The fraction of sp³-hybridized carbons (Fsp3) is 0.692. The van der Waals surface area contributed by atoms with Crippen molar-refractivity contribution in [3.63, 3.8) is 0 Å². The summed E-state index contributed by atoms with van der Waals surface area (Å²) < 4.78 is 0. The molecule has 0 bridgehead atoms. The Morgan fingerprint density at radius 1 is 1.28 bits per heavy atom. The molecule has 4 nitrogen and oxygen atoms in total. The van der Waals surface area contributed by atoms with E-state index >= 15 is 0 Å². The van der Waals surface area contributed by atoms with E-state index in [1.165, 1.54) is 0 Å². The molecule has 0 aromatic carbocycles. The van der Waals surface area contributed by atoms with Crippen LogP contribution in [0.4, 0.5) is 11.5 Å². The number of anilines is 2. The third-order valence-corrected chi connectivity index (χ3v) is 2.87. The SMILES string of the molecule is CC(C)CCNc1nc(C(C)(C)C)nc(Cl)c1N. The van der Waals surface area contributed by atoms with Crippen molar-refractivity contribution < 1.29 is 0 Å². The van der Waals surface area contributed by atoms with Crippen molar-refractivity contribution in [2.24, 2.45) is 5.92 Å².